The second-order valence-corrected chi connectivity index (χ2v) is 7.14. The number of nitrogens with zero attached hydrogens (tertiary/aromatic N) is 2. The van der Waals surface area contributed by atoms with E-state index in [1.165, 1.54) is 6.07 Å². The minimum atomic E-state index is -2.94. The Bertz CT molecular complexity index is 869. The van der Waals surface area contributed by atoms with Crippen molar-refractivity contribution in [3.05, 3.63) is 47.8 Å². The second-order valence-electron chi connectivity index (χ2n) is 7.14. The molecule has 1 unspecified atom stereocenters. The van der Waals surface area contributed by atoms with Gasteiger partial charge in [-0.15, -0.1) is 24.0 Å². The van der Waals surface area contributed by atoms with Crippen molar-refractivity contribution in [3.63, 3.8) is 0 Å². The van der Waals surface area contributed by atoms with E-state index in [-0.39, 0.29) is 49.0 Å². The summed E-state index contributed by atoms with van der Waals surface area (Å²) in [5.74, 6) is 2.08. The van der Waals surface area contributed by atoms with Crippen LogP contribution < -0.4 is 24.8 Å². The maximum atomic E-state index is 12.8. The predicted molar refractivity (Wildman–Crippen MR) is 125 cm³/mol. The maximum Gasteiger partial charge on any atom is 0.387 e. The second kappa shape index (κ2) is 11.9. The summed E-state index contributed by atoms with van der Waals surface area (Å²) in [6, 6.07) is 7.02. The van der Waals surface area contributed by atoms with Gasteiger partial charge in [-0.1, -0.05) is 19.9 Å². The number of hydrogen-bond donors (Lipinski definition) is 2. The molecule has 0 aliphatic carbocycles. The number of aliphatic imine (C=N–C) groups is 1. The fourth-order valence-corrected chi connectivity index (χ4v) is 3.25. The maximum absolute atomic E-state index is 12.8. The summed E-state index contributed by atoms with van der Waals surface area (Å²) in [6.45, 7) is 2.27. The number of hydrogen-bond acceptors (Lipinski definition) is 5. The Kier molecular flexibility index (Phi) is 9.53. The summed E-state index contributed by atoms with van der Waals surface area (Å²) < 4.78 is 40.8. The number of pyridine rings is 1. The molecule has 1 aliphatic heterocycles. The first kappa shape index (κ1) is 24.9. The van der Waals surface area contributed by atoms with E-state index in [1.807, 2.05) is 12.3 Å². The van der Waals surface area contributed by atoms with E-state index >= 15 is 0 Å². The zero-order chi connectivity index (χ0) is 21.5. The lowest BCUT2D eigenvalue weighted by atomic mass is 9.89. The van der Waals surface area contributed by atoms with Crippen molar-refractivity contribution in [1.82, 2.24) is 15.6 Å². The average Bonchev–Trinajstić information content (AvgIpc) is 3.17. The van der Waals surface area contributed by atoms with Gasteiger partial charge in [-0.25, -0.2) is 0 Å². The number of guanidine groups is 1. The molecule has 170 valence electrons. The highest BCUT2D eigenvalue weighted by Crippen LogP contribution is 2.38. The quantitative estimate of drug-likeness (QED) is 0.294. The highest BCUT2D eigenvalue weighted by molar-refractivity contribution is 14.0. The van der Waals surface area contributed by atoms with E-state index in [0.717, 1.165) is 5.56 Å². The van der Waals surface area contributed by atoms with Gasteiger partial charge in [0, 0.05) is 50.1 Å². The number of aromatic nitrogens is 1. The fourth-order valence-electron chi connectivity index (χ4n) is 3.25. The third-order valence-corrected chi connectivity index (χ3v) is 4.85. The lowest BCUT2D eigenvalue weighted by Crippen LogP contribution is -2.39. The molecule has 0 radical (unpaired) electrons. The first-order valence-corrected chi connectivity index (χ1v) is 9.69. The Labute approximate surface area is 197 Å². The lowest BCUT2D eigenvalue weighted by molar-refractivity contribution is -0.0505. The zero-order valence-corrected chi connectivity index (χ0v) is 19.9. The van der Waals surface area contributed by atoms with E-state index in [9.17, 15) is 8.78 Å². The Morgan fingerprint density at radius 3 is 2.58 bits per heavy atom. The third kappa shape index (κ3) is 6.81. The van der Waals surface area contributed by atoms with Crippen LogP contribution in [0.3, 0.4) is 0 Å². The topological polar surface area (TPSA) is 77.0 Å². The van der Waals surface area contributed by atoms with Crippen molar-refractivity contribution >= 4 is 29.9 Å². The lowest BCUT2D eigenvalue weighted by Gasteiger charge is -2.23. The van der Waals surface area contributed by atoms with Gasteiger partial charge in [0.25, 0.3) is 0 Å². The number of rotatable bonds is 8. The largest absolute Gasteiger partial charge is 0.454 e. The SMILES string of the molecule is CN=C(NCc1cc2c(cc1OC(F)F)OCO2)NCC(c1cccnc1)C(C)C.I. The van der Waals surface area contributed by atoms with Crippen molar-refractivity contribution in [2.24, 2.45) is 10.9 Å². The van der Waals surface area contributed by atoms with E-state index in [2.05, 4.69) is 45.3 Å². The summed E-state index contributed by atoms with van der Waals surface area (Å²) in [6.07, 6.45) is 3.61. The molecule has 0 saturated carbocycles. The Morgan fingerprint density at radius 2 is 1.97 bits per heavy atom. The molecule has 10 heteroatoms. The molecule has 7 nitrogen and oxygen atoms in total. The number of nitrogens with one attached hydrogen (secondary N) is 2. The number of halogens is 3. The number of fused-ring (bicyclic) bond motifs is 1. The van der Waals surface area contributed by atoms with Gasteiger partial charge in [-0.3, -0.25) is 9.98 Å². The van der Waals surface area contributed by atoms with E-state index in [4.69, 9.17) is 9.47 Å². The molecular formula is C21H27F2IN4O3. The van der Waals surface area contributed by atoms with Crippen molar-refractivity contribution < 1.29 is 23.0 Å². The molecular weight excluding hydrogens is 521 g/mol. The summed E-state index contributed by atoms with van der Waals surface area (Å²) in [5, 5.41) is 6.44. The molecule has 0 saturated heterocycles. The molecule has 2 N–H and O–H groups in total. The number of benzene rings is 1. The molecule has 1 aromatic heterocycles. The van der Waals surface area contributed by atoms with Crippen LogP contribution in [-0.4, -0.2) is 37.9 Å². The van der Waals surface area contributed by atoms with Gasteiger partial charge in [0.15, 0.2) is 17.5 Å². The van der Waals surface area contributed by atoms with Crippen molar-refractivity contribution in [3.8, 4) is 17.2 Å². The van der Waals surface area contributed by atoms with Gasteiger partial charge < -0.3 is 24.8 Å². The Hall–Kier alpha value is -2.37. The van der Waals surface area contributed by atoms with Crippen molar-refractivity contribution in [2.75, 3.05) is 20.4 Å². The molecule has 0 fully saturated rings. The van der Waals surface area contributed by atoms with E-state index in [1.54, 1.807) is 19.3 Å². The number of alkyl halides is 2. The number of ether oxygens (including phenoxy) is 3. The zero-order valence-electron chi connectivity index (χ0n) is 17.6. The molecule has 0 bridgehead atoms. The van der Waals surface area contributed by atoms with Crippen molar-refractivity contribution in [1.29, 1.82) is 0 Å². The van der Waals surface area contributed by atoms with Gasteiger partial charge in [0.05, 0.1) is 0 Å². The molecule has 2 heterocycles. The first-order chi connectivity index (χ1) is 14.5. The highest BCUT2D eigenvalue weighted by Gasteiger charge is 2.21. The standard InChI is InChI=1S/C21H26F2N4O3.HI/c1-13(2)16(14-5-4-6-25-9-14)11-27-21(24-3)26-10-15-7-18-19(29-12-28-18)8-17(15)30-20(22)23;/h4-9,13,16,20H,10-12H2,1-3H3,(H2,24,26,27);1H. The summed E-state index contributed by atoms with van der Waals surface area (Å²) >= 11 is 0. The van der Waals surface area contributed by atoms with Crippen LogP contribution in [0.4, 0.5) is 8.78 Å². The average molecular weight is 548 g/mol. The minimum absolute atomic E-state index is 0. The van der Waals surface area contributed by atoms with Crippen LogP contribution in [0.25, 0.3) is 0 Å². The Morgan fingerprint density at radius 1 is 1.23 bits per heavy atom. The van der Waals surface area contributed by atoms with Crippen LogP contribution in [-0.2, 0) is 6.54 Å². The van der Waals surface area contributed by atoms with E-state index in [0.29, 0.717) is 35.5 Å². The van der Waals surface area contributed by atoms with Crippen LogP contribution in [0.15, 0.2) is 41.7 Å². The molecule has 31 heavy (non-hydrogen) atoms. The molecule has 0 spiro atoms. The fraction of sp³-hybridized carbons (Fsp3) is 0.429. The van der Waals surface area contributed by atoms with Gasteiger partial charge in [-0.05, 0) is 23.6 Å². The van der Waals surface area contributed by atoms with Crippen LogP contribution in [0, 0.1) is 5.92 Å². The molecule has 1 aliphatic rings. The first-order valence-electron chi connectivity index (χ1n) is 9.69. The van der Waals surface area contributed by atoms with Crippen LogP contribution in [0.1, 0.15) is 30.9 Å². The summed E-state index contributed by atoms with van der Waals surface area (Å²) in [5.41, 5.74) is 1.65. The van der Waals surface area contributed by atoms with Crippen molar-refractivity contribution in [2.45, 2.75) is 32.9 Å². The monoisotopic (exact) mass is 548 g/mol. The smallest absolute Gasteiger partial charge is 0.387 e. The highest BCUT2D eigenvalue weighted by atomic mass is 127. The minimum Gasteiger partial charge on any atom is -0.454 e. The molecule has 3 rings (SSSR count). The molecule has 1 aromatic carbocycles. The summed E-state index contributed by atoms with van der Waals surface area (Å²) in [4.78, 5) is 8.43. The third-order valence-electron chi connectivity index (χ3n) is 4.85. The normalized spacial score (nSPS) is 13.7. The molecule has 1 atom stereocenters. The van der Waals surface area contributed by atoms with E-state index < -0.39 is 6.61 Å². The van der Waals surface area contributed by atoms with Crippen LogP contribution >= 0.6 is 24.0 Å². The summed E-state index contributed by atoms with van der Waals surface area (Å²) in [7, 11) is 1.65. The Balaban J connectivity index is 0.00000341. The van der Waals surface area contributed by atoms with Gasteiger partial charge in [0.2, 0.25) is 6.79 Å². The van der Waals surface area contributed by atoms with Crippen LogP contribution in [0.5, 0.6) is 17.2 Å². The molecule has 0 amide bonds. The van der Waals surface area contributed by atoms with Gasteiger partial charge in [-0.2, -0.15) is 8.78 Å². The molecule has 2 aromatic rings. The van der Waals surface area contributed by atoms with Gasteiger partial charge in [0.1, 0.15) is 5.75 Å². The van der Waals surface area contributed by atoms with Crippen LogP contribution in [0.2, 0.25) is 0 Å². The predicted octanol–water partition coefficient (Wildman–Crippen LogP) is 4.13. The van der Waals surface area contributed by atoms with Gasteiger partial charge >= 0.3 is 6.61 Å².